The van der Waals surface area contributed by atoms with E-state index in [1.54, 1.807) is 0 Å². The number of pyridine rings is 1. The molecule has 0 amide bonds. The van der Waals surface area contributed by atoms with Gasteiger partial charge in [0.25, 0.3) is 0 Å². The molecule has 2 heterocycles. The first-order chi connectivity index (χ1) is 31.1. The standard InChI is InChI=1S/C57H35N5S/c58-54-53-45-24-12-13-25-50(45)59-55(36-14-2-1-3-15-36)49(53)32-46(56(54)62-63)34-26-28-35(29-27-34)51-33-52(47-30-37-16-4-6-18-39(37)41-20-8-10-22-43(41)47)61-57(60-51)48-31-38-17-5-7-19-40(38)42-21-9-11-23-44(42)48/h1-33,58,63H/b58-54?,62-56-. The topological polar surface area (TPSA) is 74.9 Å². The molecular formula is C57H35N5S. The minimum Gasteiger partial charge on any atom is -0.298 e. The number of nitrogens with one attached hydrogen (secondary N) is 1. The van der Waals surface area contributed by atoms with Crippen LogP contribution in [0.25, 0.3) is 111 Å². The summed E-state index contributed by atoms with van der Waals surface area (Å²) in [6.07, 6.45) is 2.12. The Morgan fingerprint density at radius 2 is 0.952 bits per heavy atom. The van der Waals surface area contributed by atoms with Crippen LogP contribution in [-0.4, -0.2) is 26.4 Å². The van der Waals surface area contributed by atoms with Gasteiger partial charge in [0.2, 0.25) is 0 Å². The van der Waals surface area contributed by atoms with Crippen molar-refractivity contribution in [2.24, 2.45) is 4.40 Å². The summed E-state index contributed by atoms with van der Waals surface area (Å²) in [5.74, 6) is 0.656. The monoisotopic (exact) mass is 821 g/mol. The molecule has 9 aromatic carbocycles. The van der Waals surface area contributed by atoms with Crippen LogP contribution in [0.1, 0.15) is 16.7 Å². The maximum absolute atomic E-state index is 9.59. The summed E-state index contributed by atoms with van der Waals surface area (Å²) >= 11 is 4.45. The molecule has 5 nitrogen and oxygen atoms in total. The largest absolute Gasteiger partial charge is 0.298 e. The summed E-state index contributed by atoms with van der Waals surface area (Å²) in [5, 5.41) is 19.8. The van der Waals surface area contributed by atoms with E-state index in [-0.39, 0.29) is 0 Å². The van der Waals surface area contributed by atoms with Crippen molar-refractivity contribution in [1.82, 2.24) is 15.0 Å². The number of allylic oxidation sites excluding steroid dienone is 1. The molecule has 0 saturated carbocycles. The van der Waals surface area contributed by atoms with Gasteiger partial charge in [-0.05, 0) is 91.8 Å². The minimum absolute atomic E-state index is 0.313. The molecular weight excluding hydrogens is 787 g/mol. The zero-order valence-electron chi connectivity index (χ0n) is 33.8. The van der Waals surface area contributed by atoms with Gasteiger partial charge in [0.15, 0.2) is 5.82 Å². The Bertz CT molecular complexity index is 3620. The summed E-state index contributed by atoms with van der Waals surface area (Å²) in [5.41, 5.74) is 11.5. The SMILES string of the molecule is N=C1/C(=N\S)C(c2ccc(-c3cc(-c4cc5ccccc5c5ccccc45)nc(-c4cc5ccccc5c5ccccc45)n3)cc2)=Cc2c(-c3ccccc3)nc3ccccc3c21. The van der Waals surface area contributed by atoms with Crippen molar-refractivity contribution in [2.45, 2.75) is 0 Å². The van der Waals surface area contributed by atoms with Crippen molar-refractivity contribution in [1.29, 1.82) is 5.41 Å². The highest BCUT2D eigenvalue weighted by molar-refractivity contribution is 7.79. The number of benzene rings is 9. The second-order valence-corrected chi connectivity index (χ2v) is 16.1. The predicted molar refractivity (Wildman–Crippen MR) is 267 cm³/mol. The van der Waals surface area contributed by atoms with Crippen molar-refractivity contribution in [3.05, 3.63) is 211 Å². The maximum Gasteiger partial charge on any atom is 0.161 e. The second kappa shape index (κ2) is 14.8. The molecule has 12 rings (SSSR count). The van der Waals surface area contributed by atoms with Crippen LogP contribution >= 0.6 is 12.8 Å². The molecule has 0 saturated heterocycles. The molecule has 1 aliphatic carbocycles. The molecule has 11 aromatic rings. The molecule has 0 spiro atoms. The molecule has 0 bridgehead atoms. The van der Waals surface area contributed by atoms with Crippen molar-refractivity contribution in [3.63, 3.8) is 0 Å². The minimum atomic E-state index is 0.313. The fraction of sp³-hybridized carbons (Fsp3) is 0. The summed E-state index contributed by atoms with van der Waals surface area (Å²) in [4.78, 5) is 16.0. The third kappa shape index (κ3) is 6.06. The predicted octanol–water partition coefficient (Wildman–Crippen LogP) is 14.5. The van der Waals surface area contributed by atoms with E-state index in [2.05, 4.69) is 175 Å². The van der Waals surface area contributed by atoms with E-state index < -0.39 is 0 Å². The van der Waals surface area contributed by atoms with Crippen molar-refractivity contribution in [2.75, 3.05) is 0 Å². The summed E-state index contributed by atoms with van der Waals surface area (Å²) < 4.78 is 4.44. The van der Waals surface area contributed by atoms with E-state index in [0.29, 0.717) is 17.2 Å². The average molecular weight is 822 g/mol. The molecule has 0 unspecified atom stereocenters. The van der Waals surface area contributed by atoms with E-state index in [9.17, 15) is 5.41 Å². The van der Waals surface area contributed by atoms with Crippen molar-refractivity contribution >= 4 is 89.9 Å². The van der Waals surface area contributed by atoms with E-state index in [1.165, 1.54) is 16.2 Å². The normalized spacial score (nSPS) is 13.3. The number of rotatable bonds is 5. The van der Waals surface area contributed by atoms with Crippen LogP contribution in [0.3, 0.4) is 0 Å². The number of hydrogen-bond donors (Lipinski definition) is 2. The molecule has 294 valence electrons. The molecule has 0 aliphatic heterocycles. The second-order valence-electron chi connectivity index (χ2n) is 15.9. The van der Waals surface area contributed by atoms with Crippen LogP contribution in [0, 0.1) is 5.41 Å². The van der Waals surface area contributed by atoms with E-state index in [0.717, 1.165) is 99.4 Å². The summed E-state index contributed by atoms with van der Waals surface area (Å²) in [6, 6.07) is 67.4. The fourth-order valence-corrected chi connectivity index (χ4v) is 9.63. The van der Waals surface area contributed by atoms with Gasteiger partial charge in [0.1, 0.15) is 5.71 Å². The average Bonchev–Trinajstić information content (AvgIpc) is 3.35. The smallest absolute Gasteiger partial charge is 0.161 e. The number of fused-ring (bicyclic) bond motifs is 9. The number of aromatic nitrogens is 3. The summed E-state index contributed by atoms with van der Waals surface area (Å²) in [7, 11) is 0. The molecule has 63 heavy (non-hydrogen) atoms. The van der Waals surface area contributed by atoms with Gasteiger partial charge in [0, 0.05) is 44.3 Å². The lowest BCUT2D eigenvalue weighted by Gasteiger charge is -2.23. The Labute approximate surface area is 368 Å². The van der Waals surface area contributed by atoms with Gasteiger partial charge < -0.3 is 0 Å². The van der Waals surface area contributed by atoms with Gasteiger partial charge in [0.05, 0.1) is 28.3 Å². The Hall–Kier alpha value is -8.06. The molecule has 2 aromatic heterocycles. The Kier molecular flexibility index (Phi) is 8.66. The fourth-order valence-electron chi connectivity index (χ4n) is 9.42. The van der Waals surface area contributed by atoms with Gasteiger partial charge in [-0.25, -0.2) is 19.3 Å². The van der Waals surface area contributed by atoms with Gasteiger partial charge in [-0.15, -0.1) is 0 Å². The van der Waals surface area contributed by atoms with Crippen molar-refractivity contribution in [3.8, 4) is 45.2 Å². The summed E-state index contributed by atoms with van der Waals surface area (Å²) in [6.45, 7) is 0. The first-order valence-corrected chi connectivity index (χ1v) is 21.3. The lowest BCUT2D eigenvalue weighted by molar-refractivity contribution is 1.19. The number of para-hydroxylation sites is 1. The molecule has 0 atom stereocenters. The van der Waals surface area contributed by atoms with E-state index in [4.69, 9.17) is 15.0 Å². The Morgan fingerprint density at radius 3 is 1.62 bits per heavy atom. The van der Waals surface area contributed by atoms with Crippen LogP contribution in [0.4, 0.5) is 0 Å². The van der Waals surface area contributed by atoms with E-state index >= 15 is 0 Å². The van der Waals surface area contributed by atoms with Gasteiger partial charge >= 0.3 is 0 Å². The molecule has 1 aliphatic rings. The number of hydrogen-bond acceptors (Lipinski definition) is 6. The van der Waals surface area contributed by atoms with Crippen LogP contribution < -0.4 is 0 Å². The highest BCUT2D eigenvalue weighted by Gasteiger charge is 2.29. The zero-order chi connectivity index (χ0) is 42.0. The Morgan fingerprint density at radius 1 is 0.429 bits per heavy atom. The molecule has 0 radical (unpaired) electrons. The van der Waals surface area contributed by atoms with E-state index in [1.807, 2.05) is 42.5 Å². The van der Waals surface area contributed by atoms with Crippen LogP contribution in [-0.2, 0) is 0 Å². The zero-order valence-corrected chi connectivity index (χ0v) is 34.7. The molecule has 6 heteroatoms. The Balaban J connectivity index is 1.06. The lowest BCUT2D eigenvalue weighted by Crippen LogP contribution is -2.22. The van der Waals surface area contributed by atoms with Gasteiger partial charge in [-0.2, -0.15) is 0 Å². The maximum atomic E-state index is 9.59. The third-order valence-corrected chi connectivity index (χ3v) is 12.6. The van der Waals surface area contributed by atoms with Crippen LogP contribution in [0.15, 0.2) is 199 Å². The highest BCUT2D eigenvalue weighted by atomic mass is 32.1. The number of nitrogens with zero attached hydrogens (tertiary/aromatic N) is 4. The first-order valence-electron chi connectivity index (χ1n) is 20.9. The van der Waals surface area contributed by atoms with Gasteiger partial charge in [-0.1, -0.05) is 170 Å². The van der Waals surface area contributed by atoms with Crippen molar-refractivity contribution < 1.29 is 0 Å². The lowest BCUT2D eigenvalue weighted by atomic mass is 9.82. The highest BCUT2D eigenvalue weighted by Crippen LogP contribution is 2.41. The van der Waals surface area contributed by atoms with Crippen LogP contribution in [0.5, 0.6) is 0 Å². The van der Waals surface area contributed by atoms with Gasteiger partial charge in [-0.3, -0.25) is 5.41 Å². The third-order valence-electron chi connectivity index (χ3n) is 12.4. The first kappa shape index (κ1) is 36.8. The molecule has 1 N–H and O–H groups in total. The van der Waals surface area contributed by atoms with Crippen LogP contribution in [0.2, 0.25) is 0 Å². The quantitative estimate of drug-likeness (QED) is 0.134. The number of thiol groups is 1. The molecule has 0 fully saturated rings.